The first-order valence-corrected chi connectivity index (χ1v) is 11.4. The van der Waals surface area contributed by atoms with Gasteiger partial charge >= 0.3 is 0 Å². The smallest absolute Gasteiger partial charge is 0.242 e. The molecule has 1 aliphatic rings. The van der Waals surface area contributed by atoms with Gasteiger partial charge in [0.1, 0.15) is 11.9 Å². The Morgan fingerprint density at radius 3 is 2.29 bits per heavy atom. The fraction of sp³-hybridized carbons (Fsp3) is 0.235. The van der Waals surface area contributed by atoms with Crippen molar-refractivity contribution in [1.29, 1.82) is 0 Å². The molecule has 0 saturated heterocycles. The Labute approximate surface area is 163 Å². The highest BCUT2D eigenvalue weighted by atomic mass is 32.2. The van der Waals surface area contributed by atoms with Crippen molar-refractivity contribution in [3.05, 3.63) is 60.1 Å². The van der Waals surface area contributed by atoms with E-state index in [1.165, 1.54) is 44.6 Å². The van der Waals surface area contributed by atoms with E-state index in [-0.39, 0.29) is 9.92 Å². The third-order valence-corrected chi connectivity index (χ3v) is 6.72. The maximum Gasteiger partial charge on any atom is 0.242 e. The van der Waals surface area contributed by atoms with Gasteiger partial charge in [-0.1, -0.05) is 12.1 Å². The minimum atomic E-state index is -3.50. The minimum Gasteiger partial charge on any atom is -0.438 e. The van der Waals surface area contributed by atoms with Crippen LogP contribution in [-0.2, 0) is 24.7 Å². The second-order valence-corrected chi connectivity index (χ2v) is 10.3. The van der Waals surface area contributed by atoms with Gasteiger partial charge < -0.3 is 4.74 Å². The highest BCUT2D eigenvalue weighted by Crippen LogP contribution is 2.27. The third-order valence-electron chi connectivity index (χ3n) is 3.89. The summed E-state index contributed by atoms with van der Waals surface area (Å²) >= 11 is 0. The summed E-state index contributed by atoms with van der Waals surface area (Å²) in [4.78, 5) is 9.46. The quantitative estimate of drug-likeness (QED) is 0.735. The van der Waals surface area contributed by atoms with Crippen LogP contribution in [0.3, 0.4) is 0 Å². The molecule has 1 atom stereocenters. The normalized spacial score (nSPS) is 17.3. The van der Waals surface area contributed by atoms with Gasteiger partial charge in [0.05, 0.1) is 11.1 Å². The summed E-state index contributed by atoms with van der Waals surface area (Å²) in [5.41, 5.74) is 3.36. The fourth-order valence-corrected chi connectivity index (χ4v) is 3.82. The Bertz CT molecular complexity index is 1090. The summed E-state index contributed by atoms with van der Waals surface area (Å²) < 4.78 is 53.8. The van der Waals surface area contributed by atoms with Crippen LogP contribution in [0.1, 0.15) is 11.7 Å². The van der Waals surface area contributed by atoms with E-state index in [0.717, 1.165) is 16.1 Å². The maximum absolute atomic E-state index is 12.1. The van der Waals surface area contributed by atoms with Gasteiger partial charge in [0, 0.05) is 26.4 Å². The third kappa shape index (κ3) is 4.33. The van der Waals surface area contributed by atoms with Crippen LogP contribution in [0, 0.1) is 0 Å². The molecule has 1 aromatic heterocycles. The molecule has 1 aliphatic heterocycles. The van der Waals surface area contributed by atoms with Gasteiger partial charge in [0.2, 0.25) is 15.9 Å². The number of ether oxygens (including phenoxy) is 1. The zero-order valence-electron chi connectivity index (χ0n) is 15.4. The Morgan fingerprint density at radius 2 is 1.75 bits per heavy atom. The second kappa shape index (κ2) is 7.51. The van der Waals surface area contributed by atoms with E-state index in [9.17, 15) is 16.8 Å². The molecule has 150 valence electrons. The van der Waals surface area contributed by atoms with E-state index in [1.54, 1.807) is 18.2 Å². The van der Waals surface area contributed by atoms with Crippen molar-refractivity contribution < 1.29 is 26.4 Å². The van der Waals surface area contributed by atoms with Gasteiger partial charge in [-0.3, -0.25) is 4.84 Å². The first-order chi connectivity index (χ1) is 13.1. The molecule has 1 unspecified atom stereocenters. The lowest BCUT2D eigenvalue weighted by molar-refractivity contribution is 0.0273. The summed E-state index contributed by atoms with van der Waals surface area (Å²) in [6.45, 7) is 0. The van der Waals surface area contributed by atoms with E-state index in [4.69, 9.17) is 9.57 Å². The molecule has 0 saturated carbocycles. The first-order valence-electron chi connectivity index (χ1n) is 8.07. The lowest BCUT2D eigenvalue weighted by Crippen LogP contribution is -2.22. The number of hydroxylamine groups is 1. The molecule has 3 rings (SSSR count). The lowest BCUT2D eigenvalue weighted by Gasteiger charge is -2.12. The van der Waals surface area contributed by atoms with Crippen molar-refractivity contribution in [1.82, 2.24) is 14.8 Å². The predicted octanol–water partition coefficient (Wildman–Crippen LogP) is 1.23. The molecule has 9 nitrogen and oxygen atoms in total. The van der Waals surface area contributed by atoms with Crippen LogP contribution < -0.4 is 10.2 Å². The highest BCUT2D eigenvalue weighted by Gasteiger charge is 2.22. The number of sulfonamides is 1. The number of hydrogen-bond acceptors (Lipinski definition) is 8. The predicted molar refractivity (Wildman–Crippen MR) is 100 cm³/mol. The van der Waals surface area contributed by atoms with Crippen LogP contribution in [0.4, 0.5) is 0 Å². The number of hydrogen-bond donors (Lipinski definition) is 1. The molecule has 2 aromatic rings. The van der Waals surface area contributed by atoms with Gasteiger partial charge in [-0.25, -0.2) is 31.6 Å². The molecule has 1 aromatic carbocycles. The second-order valence-electron chi connectivity index (χ2n) is 6.23. The number of rotatable bonds is 6. The van der Waals surface area contributed by atoms with Crippen molar-refractivity contribution in [2.24, 2.45) is 0 Å². The Balaban J connectivity index is 1.72. The lowest BCUT2D eigenvalue weighted by atomic mass is 10.1. The van der Waals surface area contributed by atoms with Crippen LogP contribution in [0.5, 0.6) is 5.75 Å². The molecule has 1 N–H and O–H groups in total. The van der Waals surface area contributed by atoms with Gasteiger partial charge in [-0.2, -0.15) is 0 Å². The number of nitrogens with zero attached hydrogens (tertiary/aromatic N) is 2. The number of nitrogens with one attached hydrogen (secondary N) is 1. The van der Waals surface area contributed by atoms with Crippen LogP contribution >= 0.6 is 0 Å². The largest absolute Gasteiger partial charge is 0.438 e. The summed E-state index contributed by atoms with van der Waals surface area (Å²) in [6.07, 6.45) is 3.56. The Morgan fingerprint density at radius 1 is 1.07 bits per heavy atom. The van der Waals surface area contributed by atoms with Crippen LogP contribution in [0.15, 0.2) is 64.5 Å². The number of aromatic nitrogens is 1. The average Bonchev–Trinajstić information content (AvgIpc) is 3.10. The van der Waals surface area contributed by atoms with Gasteiger partial charge in [0.15, 0.2) is 14.9 Å². The zero-order chi connectivity index (χ0) is 20.5. The molecule has 0 spiro atoms. The highest BCUT2D eigenvalue weighted by molar-refractivity contribution is 7.90. The fourth-order valence-electron chi connectivity index (χ4n) is 2.36. The Hall–Kier alpha value is -2.47. The topological polar surface area (TPSA) is 115 Å². The van der Waals surface area contributed by atoms with Crippen molar-refractivity contribution in [3.8, 4) is 5.75 Å². The maximum atomic E-state index is 12.1. The average molecular weight is 425 g/mol. The van der Waals surface area contributed by atoms with Gasteiger partial charge in [-0.05, 0) is 29.8 Å². The number of benzene rings is 1. The monoisotopic (exact) mass is 425 g/mol. The molecule has 0 aliphatic carbocycles. The summed E-state index contributed by atoms with van der Waals surface area (Å²) in [6, 6.07) is 9.17. The van der Waals surface area contributed by atoms with E-state index >= 15 is 0 Å². The van der Waals surface area contributed by atoms with Crippen molar-refractivity contribution in [3.63, 3.8) is 0 Å². The van der Waals surface area contributed by atoms with Crippen molar-refractivity contribution in [2.45, 2.75) is 16.0 Å². The molecule has 0 fully saturated rings. The zero-order valence-corrected chi connectivity index (χ0v) is 17.0. The van der Waals surface area contributed by atoms with Crippen molar-refractivity contribution in [2.75, 3.05) is 20.4 Å². The molecule has 28 heavy (non-hydrogen) atoms. The summed E-state index contributed by atoms with van der Waals surface area (Å²) in [5, 5.41) is -0.0462. The number of sulfone groups is 1. The molecule has 0 amide bonds. The molecule has 0 radical (unpaired) electrons. The van der Waals surface area contributed by atoms with Gasteiger partial charge in [-0.15, -0.1) is 0 Å². The van der Waals surface area contributed by atoms with E-state index in [0.29, 0.717) is 11.6 Å². The van der Waals surface area contributed by atoms with Crippen LogP contribution in [0.2, 0.25) is 0 Å². The minimum absolute atomic E-state index is 0.0462. The standard InChI is InChI=1S/C17H19N3O6S2/c1-20(2)28(23,24)14-7-4-12(5-8-14)15-10-16(19-26-15)25-13-6-9-17(18-11-13)27(3,21)22/h4-11,15,19H,1-3H3. The molecular weight excluding hydrogens is 406 g/mol. The molecule has 0 bridgehead atoms. The van der Waals surface area contributed by atoms with E-state index in [1.807, 2.05) is 0 Å². The van der Waals surface area contributed by atoms with Crippen LogP contribution in [0.25, 0.3) is 0 Å². The van der Waals surface area contributed by atoms with E-state index < -0.39 is 26.0 Å². The summed E-state index contributed by atoms with van der Waals surface area (Å²) in [5.74, 6) is 0.645. The summed E-state index contributed by atoms with van der Waals surface area (Å²) in [7, 11) is -3.94. The Kier molecular flexibility index (Phi) is 5.44. The first kappa shape index (κ1) is 20.3. The van der Waals surface area contributed by atoms with Crippen molar-refractivity contribution >= 4 is 19.9 Å². The SMILES string of the molecule is CN(C)S(=O)(=O)c1ccc(C2C=C(Oc3ccc(S(C)(=O)=O)nc3)NO2)cc1. The van der Waals surface area contributed by atoms with E-state index in [2.05, 4.69) is 10.5 Å². The van der Waals surface area contributed by atoms with Crippen LogP contribution in [-0.4, -0.2) is 46.5 Å². The molecule has 2 heterocycles. The number of pyridine rings is 1. The van der Waals surface area contributed by atoms with Gasteiger partial charge in [0.25, 0.3) is 0 Å². The molecule has 11 heteroatoms. The molecular formula is C17H19N3O6S2.